The highest BCUT2D eigenvalue weighted by atomic mass is 19.1. The van der Waals surface area contributed by atoms with Crippen molar-refractivity contribution in [3.8, 4) is 17.0 Å². The highest BCUT2D eigenvalue weighted by Gasteiger charge is 2.34. The summed E-state index contributed by atoms with van der Waals surface area (Å²) in [6.45, 7) is 4.34. The van der Waals surface area contributed by atoms with Crippen LogP contribution < -0.4 is 4.74 Å². The lowest BCUT2D eigenvalue weighted by Crippen LogP contribution is -2.10. The van der Waals surface area contributed by atoms with Crippen molar-refractivity contribution >= 4 is 23.7 Å². The number of benzene rings is 2. The van der Waals surface area contributed by atoms with E-state index in [-0.39, 0.29) is 11.8 Å². The van der Waals surface area contributed by atoms with Gasteiger partial charge in [-0.05, 0) is 65.7 Å². The maximum Gasteiger partial charge on any atom is 0.303 e. The lowest BCUT2D eigenvalue weighted by atomic mass is 9.80. The smallest absolute Gasteiger partial charge is 0.303 e. The number of carboxylic acid groups (broad SMARTS) is 1. The van der Waals surface area contributed by atoms with Gasteiger partial charge in [-0.2, -0.15) is 0 Å². The number of rotatable bonds is 8. The van der Waals surface area contributed by atoms with Crippen LogP contribution in [0.5, 0.6) is 5.75 Å². The predicted octanol–water partition coefficient (Wildman–Crippen LogP) is 8.05. The van der Waals surface area contributed by atoms with Crippen molar-refractivity contribution < 1.29 is 23.6 Å². The summed E-state index contributed by atoms with van der Waals surface area (Å²) in [7, 11) is 1.54. The number of nitrogens with zero attached hydrogens (tertiary/aromatic N) is 1. The van der Waals surface area contributed by atoms with E-state index in [0.29, 0.717) is 29.2 Å². The predicted molar refractivity (Wildman–Crippen MR) is 145 cm³/mol. The molecule has 194 valence electrons. The highest BCUT2D eigenvalue weighted by molar-refractivity contribution is 5.88. The molecule has 2 aliphatic rings. The summed E-state index contributed by atoms with van der Waals surface area (Å²) in [5.74, 6) is -0.125. The molecule has 0 bridgehead atoms. The Morgan fingerprint density at radius 1 is 1.16 bits per heavy atom. The first-order valence-corrected chi connectivity index (χ1v) is 12.8. The standard InChI is InChI=1S/C28H28FNO4.C3H6/c1-28(2)15-5-8-22(28)26-24(13-9-18-6-4-7-19(16-18)10-14-25(31)32)34-30-27(26)21-17-20(33-3)11-12-23(21)29;1-2-3-1/h4,6-9,11-13,16-17H,5,10,14-15H2,1-3H3,(H,31,32);1-3H2/b13-9+;. The average Bonchev–Trinajstić information content (AvgIpc) is 3.65. The number of aliphatic carboxylic acids is 1. The van der Waals surface area contributed by atoms with E-state index >= 15 is 0 Å². The first kappa shape index (κ1) is 26.4. The average molecular weight is 504 g/mol. The van der Waals surface area contributed by atoms with Gasteiger partial charge < -0.3 is 14.4 Å². The largest absolute Gasteiger partial charge is 0.497 e. The van der Waals surface area contributed by atoms with E-state index in [4.69, 9.17) is 14.4 Å². The minimum absolute atomic E-state index is 0.0815. The van der Waals surface area contributed by atoms with Crippen LogP contribution in [0.4, 0.5) is 4.39 Å². The lowest BCUT2D eigenvalue weighted by molar-refractivity contribution is -0.136. The van der Waals surface area contributed by atoms with Crippen molar-refractivity contribution in [1.29, 1.82) is 0 Å². The number of methoxy groups -OCH3 is 1. The Kier molecular flexibility index (Phi) is 8.27. The number of aromatic nitrogens is 1. The Morgan fingerprint density at radius 3 is 2.59 bits per heavy atom. The fraction of sp³-hybridized carbons (Fsp3) is 0.355. The molecule has 1 fully saturated rings. The van der Waals surface area contributed by atoms with Crippen molar-refractivity contribution in [2.24, 2.45) is 5.41 Å². The molecule has 0 amide bonds. The lowest BCUT2D eigenvalue weighted by Gasteiger charge is -2.22. The van der Waals surface area contributed by atoms with E-state index in [1.165, 1.54) is 25.3 Å². The molecule has 2 aromatic carbocycles. The third-order valence-corrected chi connectivity index (χ3v) is 6.62. The number of hydrogen-bond acceptors (Lipinski definition) is 4. The normalized spacial score (nSPS) is 15.7. The minimum Gasteiger partial charge on any atom is -0.497 e. The molecule has 5 nitrogen and oxygen atoms in total. The Morgan fingerprint density at radius 2 is 1.95 bits per heavy atom. The summed E-state index contributed by atoms with van der Waals surface area (Å²) in [4.78, 5) is 10.9. The second kappa shape index (κ2) is 11.6. The molecular formula is C31H34FNO4. The van der Waals surface area contributed by atoms with E-state index in [2.05, 4.69) is 25.1 Å². The SMILES string of the molecule is C1CC1.COc1ccc(F)c(-c2noc(/C=C/c3cccc(CCC(=O)O)c3)c2C2=CCCC2(C)C)c1. The van der Waals surface area contributed by atoms with Gasteiger partial charge in [-0.15, -0.1) is 0 Å². The van der Waals surface area contributed by atoms with Crippen molar-refractivity contribution in [2.75, 3.05) is 7.11 Å². The Balaban J connectivity index is 0.000000994. The van der Waals surface area contributed by atoms with E-state index in [0.717, 1.165) is 35.1 Å². The van der Waals surface area contributed by atoms with Gasteiger partial charge in [-0.25, -0.2) is 4.39 Å². The van der Waals surface area contributed by atoms with Crippen LogP contribution in [0, 0.1) is 11.2 Å². The summed E-state index contributed by atoms with van der Waals surface area (Å²) in [6.07, 6.45) is 12.9. The molecule has 0 unspecified atom stereocenters. The van der Waals surface area contributed by atoms with Crippen LogP contribution in [0.25, 0.3) is 29.0 Å². The third-order valence-electron chi connectivity index (χ3n) is 6.62. The molecule has 6 heteroatoms. The van der Waals surface area contributed by atoms with Gasteiger partial charge in [0.2, 0.25) is 0 Å². The zero-order valence-electron chi connectivity index (χ0n) is 21.7. The Bertz CT molecular complexity index is 1310. The zero-order chi connectivity index (χ0) is 26.4. The van der Waals surface area contributed by atoms with Gasteiger partial charge in [0.1, 0.15) is 17.3 Å². The van der Waals surface area contributed by atoms with Gasteiger partial charge in [0.05, 0.1) is 12.7 Å². The first-order chi connectivity index (χ1) is 17.8. The maximum atomic E-state index is 14.9. The van der Waals surface area contributed by atoms with Crippen molar-refractivity contribution in [3.63, 3.8) is 0 Å². The van der Waals surface area contributed by atoms with E-state index < -0.39 is 11.8 Å². The molecule has 2 aliphatic carbocycles. The number of carbonyl (C=O) groups is 1. The topological polar surface area (TPSA) is 72.6 Å². The van der Waals surface area contributed by atoms with Crippen LogP contribution in [0.2, 0.25) is 0 Å². The van der Waals surface area contributed by atoms with Crippen molar-refractivity contribution in [1.82, 2.24) is 5.16 Å². The molecular weight excluding hydrogens is 469 g/mol. The molecule has 0 atom stereocenters. The number of hydrogen-bond donors (Lipinski definition) is 1. The van der Waals surface area contributed by atoms with Gasteiger partial charge in [-0.1, -0.05) is 74.7 Å². The second-order valence-corrected chi connectivity index (χ2v) is 10.2. The summed E-state index contributed by atoms with van der Waals surface area (Å²) in [5.41, 5.74) is 4.41. The fourth-order valence-electron chi connectivity index (χ4n) is 4.38. The molecule has 1 aromatic heterocycles. The summed E-state index contributed by atoms with van der Waals surface area (Å²) < 4.78 is 25.9. The van der Waals surface area contributed by atoms with Gasteiger partial charge in [0, 0.05) is 12.0 Å². The van der Waals surface area contributed by atoms with Gasteiger partial charge >= 0.3 is 5.97 Å². The second-order valence-electron chi connectivity index (χ2n) is 10.2. The molecule has 0 saturated heterocycles. The number of carboxylic acids is 1. The number of allylic oxidation sites excluding steroid dienone is 2. The molecule has 0 spiro atoms. The van der Waals surface area contributed by atoms with Crippen LogP contribution in [0.1, 0.15) is 74.8 Å². The molecule has 0 radical (unpaired) electrons. The van der Waals surface area contributed by atoms with E-state index in [9.17, 15) is 9.18 Å². The van der Waals surface area contributed by atoms with Crippen LogP contribution in [-0.4, -0.2) is 23.3 Å². The number of aryl methyl sites for hydroxylation is 1. The molecule has 5 rings (SSSR count). The fourth-order valence-corrected chi connectivity index (χ4v) is 4.38. The van der Waals surface area contributed by atoms with Crippen molar-refractivity contribution in [3.05, 3.63) is 76.8 Å². The summed E-state index contributed by atoms with van der Waals surface area (Å²) >= 11 is 0. The van der Waals surface area contributed by atoms with Crippen LogP contribution in [0.15, 0.2) is 53.1 Å². The molecule has 37 heavy (non-hydrogen) atoms. The minimum atomic E-state index is -0.822. The van der Waals surface area contributed by atoms with Crippen LogP contribution in [-0.2, 0) is 11.2 Å². The molecule has 1 saturated carbocycles. The van der Waals surface area contributed by atoms with E-state index in [1.807, 2.05) is 36.4 Å². The zero-order valence-corrected chi connectivity index (χ0v) is 21.7. The number of halogens is 1. The number of ether oxygens (including phenoxy) is 1. The van der Waals surface area contributed by atoms with Gasteiger partial charge in [0.15, 0.2) is 5.76 Å². The van der Waals surface area contributed by atoms with E-state index in [1.54, 1.807) is 19.2 Å². The summed E-state index contributed by atoms with van der Waals surface area (Å²) in [5, 5.41) is 13.2. The highest BCUT2D eigenvalue weighted by Crippen LogP contribution is 2.48. The third kappa shape index (κ3) is 6.76. The van der Waals surface area contributed by atoms with Crippen LogP contribution >= 0.6 is 0 Å². The Hall–Kier alpha value is -3.67. The van der Waals surface area contributed by atoms with Crippen LogP contribution in [0.3, 0.4) is 0 Å². The first-order valence-electron chi connectivity index (χ1n) is 12.8. The van der Waals surface area contributed by atoms with Gasteiger partial charge in [-0.3, -0.25) is 4.79 Å². The maximum absolute atomic E-state index is 14.9. The quantitative estimate of drug-likeness (QED) is 0.337. The Labute approximate surface area is 217 Å². The molecule has 1 heterocycles. The monoisotopic (exact) mass is 503 g/mol. The molecule has 3 aromatic rings. The van der Waals surface area contributed by atoms with Crippen molar-refractivity contribution in [2.45, 2.75) is 58.8 Å². The van der Waals surface area contributed by atoms with Gasteiger partial charge in [0.25, 0.3) is 0 Å². The molecule has 1 N–H and O–H groups in total. The summed E-state index contributed by atoms with van der Waals surface area (Å²) in [6, 6.07) is 12.3. The molecule has 0 aliphatic heterocycles.